The van der Waals surface area contributed by atoms with Crippen LogP contribution in [0.25, 0.3) is 11.1 Å². The van der Waals surface area contributed by atoms with Crippen LogP contribution in [0.1, 0.15) is 59.7 Å². The van der Waals surface area contributed by atoms with E-state index in [1.807, 2.05) is 48.5 Å². The number of benzene rings is 2. The molecule has 1 amide bonds. The Morgan fingerprint density at radius 1 is 1.07 bits per heavy atom. The van der Waals surface area contributed by atoms with Crippen molar-refractivity contribution in [2.75, 3.05) is 13.2 Å². The van der Waals surface area contributed by atoms with E-state index in [9.17, 15) is 14.7 Å². The van der Waals surface area contributed by atoms with Gasteiger partial charge >= 0.3 is 0 Å². The maximum atomic E-state index is 12.8. The van der Waals surface area contributed by atoms with Gasteiger partial charge < -0.3 is 10.0 Å². The maximum absolute atomic E-state index is 12.8. The molecule has 0 saturated carbocycles. The third-order valence-corrected chi connectivity index (χ3v) is 5.26. The van der Waals surface area contributed by atoms with Gasteiger partial charge in [0.25, 0.3) is 5.91 Å². The minimum Gasteiger partial charge on any atom is -0.394 e. The maximum Gasteiger partial charge on any atom is 0.254 e. The lowest BCUT2D eigenvalue weighted by molar-refractivity contribution is 0.0677. The van der Waals surface area contributed by atoms with E-state index in [1.54, 1.807) is 4.90 Å². The number of ketones is 1. The van der Waals surface area contributed by atoms with Crippen molar-refractivity contribution in [3.8, 4) is 11.1 Å². The first-order valence-electron chi connectivity index (χ1n) is 9.79. The minimum atomic E-state index is -0.0745. The number of likely N-dealkylation sites (tertiary alicyclic amines) is 1. The van der Waals surface area contributed by atoms with E-state index in [2.05, 4.69) is 6.92 Å². The van der Waals surface area contributed by atoms with Gasteiger partial charge in [-0.05, 0) is 42.5 Å². The predicted octanol–water partition coefficient (Wildman–Crippen LogP) is 4.32. The van der Waals surface area contributed by atoms with Crippen LogP contribution < -0.4 is 0 Å². The highest BCUT2D eigenvalue weighted by Crippen LogP contribution is 2.24. The fourth-order valence-corrected chi connectivity index (χ4v) is 3.62. The van der Waals surface area contributed by atoms with Crippen LogP contribution in [0.5, 0.6) is 0 Å². The van der Waals surface area contributed by atoms with Gasteiger partial charge in [0, 0.05) is 24.1 Å². The van der Waals surface area contributed by atoms with Crippen molar-refractivity contribution in [3.63, 3.8) is 0 Å². The fraction of sp³-hybridized carbons (Fsp3) is 0.391. The minimum absolute atomic E-state index is 0.0128. The second kappa shape index (κ2) is 8.96. The summed E-state index contributed by atoms with van der Waals surface area (Å²) in [5.74, 6) is 0.149. The molecule has 2 aromatic carbocycles. The van der Waals surface area contributed by atoms with Crippen LogP contribution in [0, 0.1) is 0 Å². The molecule has 4 heteroatoms. The van der Waals surface area contributed by atoms with Gasteiger partial charge in [-0.25, -0.2) is 0 Å². The highest BCUT2D eigenvalue weighted by molar-refractivity contribution is 5.97. The van der Waals surface area contributed by atoms with E-state index in [0.717, 1.165) is 42.4 Å². The first-order valence-corrected chi connectivity index (χ1v) is 9.79. The highest BCUT2D eigenvalue weighted by atomic mass is 16.3. The van der Waals surface area contributed by atoms with Gasteiger partial charge in [-0.3, -0.25) is 9.59 Å². The number of Topliss-reactive ketones (excluding diaryl/α,β-unsaturated/α-hetero) is 1. The second-order valence-corrected chi connectivity index (χ2v) is 7.16. The zero-order valence-electron chi connectivity index (χ0n) is 15.9. The van der Waals surface area contributed by atoms with E-state index >= 15 is 0 Å². The molecule has 0 spiro atoms. The first-order chi connectivity index (χ1) is 13.1. The summed E-state index contributed by atoms with van der Waals surface area (Å²) in [7, 11) is 0. The molecule has 1 atom stereocenters. The molecule has 1 aliphatic heterocycles. The molecule has 4 nitrogen and oxygen atoms in total. The van der Waals surface area contributed by atoms with E-state index in [1.165, 1.54) is 0 Å². The van der Waals surface area contributed by atoms with Crippen LogP contribution in [0.2, 0.25) is 0 Å². The van der Waals surface area contributed by atoms with E-state index < -0.39 is 0 Å². The van der Waals surface area contributed by atoms with Gasteiger partial charge in [0.1, 0.15) is 0 Å². The Morgan fingerprint density at radius 3 is 2.56 bits per heavy atom. The Kier molecular flexibility index (Phi) is 6.40. The lowest BCUT2D eigenvalue weighted by Gasteiger charge is -2.23. The first kappa shape index (κ1) is 19.3. The molecule has 0 aromatic heterocycles. The number of carbonyl (C=O) groups is 2. The predicted molar refractivity (Wildman–Crippen MR) is 107 cm³/mol. The van der Waals surface area contributed by atoms with Crippen molar-refractivity contribution < 1.29 is 14.7 Å². The molecule has 0 radical (unpaired) electrons. The Morgan fingerprint density at radius 2 is 1.85 bits per heavy atom. The van der Waals surface area contributed by atoms with E-state index in [-0.39, 0.29) is 24.3 Å². The standard InChI is InChI=1S/C23H27NO3/c1-2-3-9-22(26)18-12-10-17(11-13-18)19-6-4-7-20(15-19)23(27)24-14-5-8-21(24)16-25/h4,6-7,10-13,15,21,25H,2-3,5,8-9,14,16H2,1H3/t21-/m0/s1. The van der Waals surface area contributed by atoms with Gasteiger partial charge in [0.05, 0.1) is 12.6 Å². The van der Waals surface area contributed by atoms with Gasteiger partial charge in [-0.15, -0.1) is 0 Å². The van der Waals surface area contributed by atoms with Crippen molar-refractivity contribution >= 4 is 11.7 Å². The number of unbranched alkanes of at least 4 members (excludes halogenated alkanes) is 1. The molecule has 0 unspecified atom stereocenters. The zero-order valence-corrected chi connectivity index (χ0v) is 15.9. The molecule has 1 fully saturated rings. The monoisotopic (exact) mass is 365 g/mol. The quantitative estimate of drug-likeness (QED) is 0.743. The molecular formula is C23H27NO3. The second-order valence-electron chi connectivity index (χ2n) is 7.16. The lowest BCUT2D eigenvalue weighted by Crippen LogP contribution is -2.37. The summed E-state index contributed by atoms with van der Waals surface area (Å²) in [4.78, 5) is 26.7. The van der Waals surface area contributed by atoms with Crippen LogP contribution in [-0.4, -0.2) is 40.9 Å². The van der Waals surface area contributed by atoms with Crippen LogP contribution in [0.3, 0.4) is 0 Å². The summed E-state index contributed by atoms with van der Waals surface area (Å²) < 4.78 is 0. The third-order valence-electron chi connectivity index (χ3n) is 5.26. The lowest BCUT2D eigenvalue weighted by atomic mass is 9.99. The number of aliphatic hydroxyl groups is 1. The van der Waals surface area contributed by atoms with E-state index in [0.29, 0.717) is 18.5 Å². The topological polar surface area (TPSA) is 57.6 Å². The summed E-state index contributed by atoms with van der Waals surface area (Å²) in [6, 6.07) is 15.1. The van der Waals surface area contributed by atoms with Crippen LogP contribution in [-0.2, 0) is 0 Å². The fourth-order valence-electron chi connectivity index (χ4n) is 3.62. The van der Waals surface area contributed by atoms with Crippen molar-refractivity contribution in [2.45, 2.75) is 45.1 Å². The van der Waals surface area contributed by atoms with Crippen molar-refractivity contribution in [1.82, 2.24) is 4.90 Å². The molecule has 2 aromatic rings. The number of nitrogens with zero attached hydrogens (tertiary/aromatic N) is 1. The average Bonchev–Trinajstić information content (AvgIpc) is 3.20. The van der Waals surface area contributed by atoms with Gasteiger partial charge in [-0.2, -0.15) is 0 Å². The molecule has 1 N–H and O–H groups in total. The molecule has 0 bridgehead atoms. The van der Waals surface area contributed by atoms with Crippen LogP contribution >= 0.6 is 0 Å². The molecular weight excluding hydrogens is 338 g/mol. The number of amides is 1. The molecule has 1 heterocycles. The molecule has 1 aliphatic rings. The van der Waals surface area contributed by atoms with E-state index in [4.69, 9.17) is 0 Å². The molecule has 27 heavy (non-hydrogen) atoms. The largest absolute Gasteiger partial charge is 0.394 e. The zero-order chi connectivity index (χ0) is 19.2. The highest BCUT2D eigenvalue weighted by Gasteiger charge is 2.28. The van der Waals surface area contributed by atoms with Crippen LogP contribution in [0.15, 0.2) is 48.5 Å². The number of hydrogen-bond acceptors (Lipinski definition) is 3. The summed E-state index contributed by atoms with van der Waals surface area (Å²) in [6.07, 6.45) is 4.30. The number of aliphatic hydroxyl groups excluding tert-OH is 1. The van der Waals surface area contributed by atoms with Gasteiger partial charge in [0.2, 0.25) is 0 Å². The normalized spacial score (nSPS) is 16.5. The Labute approximate surface area is 160 Å². The number of rotatable bonds is 7. The molecule has 1 saturated heterocycles. The van der Waals surface area contributed by atoms with Crippen LogP contribution in [0.4, 0.5) is 0 Å². The Bertz CT molecular complexity index is 798. The van der Waals surface area contributed by atoms with Gasteiger partial charge in [0.15, 0.2) is 5.78 Å². The molecule has 0 aliphatic carbocycles. The summed E-state index contributed by atoms with van der Waals surface area (Å²) >= 11 is 0. The summed E-state index contributed by atoms with van der Waals surface area (Å²) in [6.45, 7) is 2.79. The third kappa shape index (κ3) is 4.45. The Balaban J connectivity index is 1.77. The van der Waals surface area contributed by atoms with Crippen molar-refractivity contribution in [3.05, 3.63) is 59.7 Å². The smallest absolute Gasteiger partial charge is 0.254 e. The van der Waals surface area contributed by atoms with Crippen molar-refractivity contribution in [1.29, 1.82) is 0 Å². The number of carbonyl (C=O) groups excluding carboxylic acids is 2. The Hall–Kier alpha value is -2.46. The summed E-state index contributed by atoms with van der Waals surface area (Å²) in [5.41, 5.74) is 3.31. The van der Waals surface area contributed by atoms with Crippen molar-refractivity contribution in [2.24, 2.45) is 0 Å². The summed E-state index contributed by atoms with van der Waals surface area (Å²) in [5, 5.41) is 9.47. The van der Waals surface area contributed by atoms with Gasteiger partial charge in [-0.1, -0.05) is 49.7 Å². The molecule has 3 rings (SSSR count). The average molecular weight is 365 g/mol. The number of hydrogen-bond donors (Lipinski definition) is 1. The SMILES string of the molecule is CCCCC(=O)c1ccc(-c2cccc(C(=O)N3CCC[C@H]3CO)c2)cc1. The molecule has 142 valence electrons.